The number of fused-ring (bicyclic) bond motifs is 5. The monoisotopic (exact) mass is 473 g/mol. The Balaban J connectivity index is 1.60. The van der Waals surface area contributed by atoms with Gasteiger partial charge in [0.15, 0.2) is 0 Å². The zero-order valence-corrected chi connectivity index (χ0v) is 18.3. The highest BCUT2D eigenvalue weighted by molar-refractivity contribution is 14.1. The van der Waals surface area contributed by atoms with Gasteiger partial charge in [0.05, 0.1) is 19.1 Å². The van der Waals surface area contributed by atoms with Crippen LogP contribution in [-0.2, 0) is 14.3 Å². The maximum Gasteiger partial charge on any atom is 0.309 e. The van der Waals surface area contributed by atoms with Gasteiger partial charge in [-0.05, 0) is 73.5 Å². The maximum absolute atomic E-state index is 12.4. The number of halogens is 1. The highest BCUT2D eigenvalue weighted by atomic mass is 127. The minimum Gasteiger partial charge on any atom is -0.469 e. The van der Waals surface area contributed by atoms with E-state index in [4.69, 9.17) is 4.74 Å². The molecule has 26 heavy (non-hydrogen) atoms. The lowest BCUT2D eigenvalue weighted by Gasteiger charge is -2.61. The van der Waals surface area contributed by atoms with Crippen molar-refractivity contribution in [2.75, 3.05) is 7.11 Å². The number of hydrogen-bond acceptors (Lipinski definition) is 4. The first-order valence-electron chi connectivity index (χ1n) is 10.3. The molecule has 4 rings (SSSR count). The topological polar surface area (TPSA) is 55.4 Å². The summed E-state index contributed by atoms with van der Waals surface area (Å²) in [7, 11) is 1.54. The van der Waals surface area contributed by atoms with E-state index in [0.29, 0.717) is 21.8 Å². The average molecular weight is 473 g/mol. The summed E-state index contributed by atoms with van der Waals surface area (Å²) in [6, 6.07) is 0.474. The third-order valence-corrected chi connectivity index (χ3v) is 10.1. The van der Waals surface area contributed by atoms with E-state index in [0.717, 1.165) is 31.5 Å². The first-order chi connectivity index (χ1) is 12.3. The number of aldehydes is 1. The second-order valence-electron chi connectivity index (χ2n) is 9.76. The Bertz CT molecular complexity index is 598. The SMILES string of the molecule is COC(=O)C1CC[C@H]2[C@@H]3CC[C@H]4NC(C=O)C(I)C[C@]4(C)[C@H]3CC[C@]12C. The summed E-state index contributed by atoms with van der Waals surface area (Å²) < 4.78 is 5.52. The van der Waals surface area contributed by atoms with Crippen LogP contribution in [0.15, 0.2) is 0 Å². The van der Waals surface area contributed by atoms with Crippen molar-refractivity contribution in [3.63, 3.8) is 0 Å². The number of methoxy groups -OCH3 is 1. The number of ether oxygens (including phenoxy) is 1. The van der Waals surface area contributed by atoms with E-state index < -0.39 is 0 Å². The molecule has 1 saturated heterocycles. The summed E-state index contributed by atoms with van der Waals surface area (Å²) in [6.45, 7) is 4.84. The molecule has 0 radical (unpaired) electrons. The van der Waals surface area contributed by atoms with Crippen LogP contribution in [0.1, 0.15) is 58.8 Å². The highest BCUT2D eigenvalue weighted by Crippen LogP contribution is 2.65. The van der Waals surface area contributed by atoms with Gasteiger partial charge in [-0.15, -0.1) is 0 Å². The first kappa shape index (κ1) is 19.2. The molecule has 1 N–H and O–H groups in total. The van der Waals surface area contributed by atoms with Crippen LogP contribution in [0.4, 0.5) is 0 Å². The lowest BCUT2D eigenvalue weighted by Crippen LogP contribution is -2.65. The Hall–Kier alpha value is -0.170. The number of carbonyl (C=O) groups excluding carboxylic acids is 2. The molecule has 4 nitrogen and oxygen atoms in total. The molecular weight excluding hydrogens is 441 g/mol. The smallest absolute Gasteiger partial charge is 0.309 e. The van der Waals surface area contributed by atoms with Crippen LogP contribution < -0.4 is 5.32 Å². The number of rotatable bonds is 2. The van der Waals surface area contributed by atoms with Gasteiger partial charge >= 0.3 is 5.97 Å². The van der Waals surface area contributed by atoms with Gasteiger partial charge in [-0.3, -0.25) is 4.79 Å². The molecule has 3 unspecified atom stereocenters. The van der Waals surface area contributed by atoms with Crippen LogP contribution in [0, 0.1) is 34.5 Å². The minimum absolute atomic E-state index is 0.00818. The molecule has 4 fully saturated rings. The van der Waals surface area contributed by atoms with Crippen molar-refractivity contribution in [1.82, 2.24) is 5.32 Å². The molecule has 0 bridgehead atoms. The van der Waals surface area contributed by atoms with Gasteiger partial charge in [0.2, 0.25) is 0 Å². The van der Waals surface area contributed by atoms with E-state index in [1.165, 1.54) is 32.8 Å². The van der Waals surface area contributed by atoms with Crippen molar-refractivity contribution < 1.29 is 14.3 Å². The van der Waals surface area contributed by atoms with Gasteiger partial charge in [-0.2, -0.15) is 0 Å². The van der Waals surface area contributed by atoms with E-state index in [1.807, 2.05) is 0 Å². The molecule has 0 spiro atoms. The molecular formula is C21H32INO3. The molecule has 9 atom stereocenters. The summed E-state index contributed by atoms with van der Waals surface area (Å²) >= 11 is 2.48. The van der Waals surface area contributed by atoms with Crippen LogP contribution in [0.2, 0.25) is 0 Å². The van der Waals surface area contributed by atoms with Crippen molar-refractivity contribution in [2.45, 2.75) is 74.8 Å². The minimum atomic E-state index is 0.00818. The van der Waals surface area contributed by atoms with Gasteiger partial charge in [0, 0.05) is 9.97 Å². The van der Waals surface area contributed by atoms with Gasteiger partial charge in [0.1, 0.15) is 6.29 Å². The first-order valence-corrected chi connectivity index (χ1v) is 11.5. The summed E-state index contributed by atoms with van der Waals surface area (Å²) in [6.07, 6.45) is 9.19. The maximum atomic E-state index is 12.4. The van der Waals surface area contributed by atoms with Gasteiger partial charge in [-0.25, -0.2) is 0 Å². The zero-order chi connectivity index (χ0) is 18.7. The second-order valence-corrected chi connectivity index (χ2v) is 11.4. The summed E-state index contributed by atoms with van der Waals surface area (Å²) in [5.41, 5.74) is 0.396. The second kappa shape index (κ2) is 6.71. The Morgan fingerprint density at radius 1 is 1.12 bits per heavy atom. The van der Waals surface area contributed by atoms with E-state index in [2.05, 4.69) is 41.8 Å². The Labute approximate surface area is 170 Å². The molecule has 0 amide bonds. The fourth-order valence-corrected chi connectivity index (χ4v) is 8.89. The molecule has 5 heteroatoms. The fourth-order valence-electron chi connectivity index (χ4n) is 7.56. The van der Waals surface area contributed by atoms with Crippen LogP contribution in [0.25, 0.3) is 0 Å². The van der Waals surface area contributed by atoms with Crippen LogP contribution in [0.3, 0.4) is 0 Å². The third kappa shape index (κ3) is 2.62. The molecule has 0 aromatic carbocycles. The zero-order valence-electron chi connectivity index (χ0n) is 16.2. The van der Waals surface area contributed by atoms with Crippen LogP contribution >= 0.6 is 22.6 Å². The van der Waals surface area contributed by atoms with E-state index >= 15 is 0 Å². The fraction of sp³-hybridized carbons (Fsp3) is 0.905. The van der Waals surface area contributed by atoms with Crippen LogP contribution in [0.5, 0.6) is 0 Å². The lowest BCUT2D eigenvalue weighted by atomic mass is 9.47. The number of carbonyl (C=O) groups is 2. The number of alkyl halides is 1. The molecule has 1 aliphatic heterocycles. The van der Waals surface area contributed by atoms with Crippen molar-refractivity contribution in [3.05, 3.63) is 0 Å². The standard InChI is InChI=1S/C21H32INO3/c1-20-9-8-14-12(13(20)5-6-15(20)19(25)26-3)4-7-18-21(14,2)10-16(22)17(11-24)23-18/h11-18,23H,4-10H2,1-3H3/t12-,13-,14-,15?,16?,17?,18+,20-,21+/m0/s1. The number of esters is 1. The molecule has 146 valence electrons. The van der Waals surface area contributed by atoms with Crippen molar-refractivity contribution in [3.8, 4) is 0 Å². The molecule has 0 aromatic rings. The van der Waals surface area contributed by atoms with Gasteiger partial charge in [0.25, 0.3) is 0 Å². The average Bonchev–Trinajstić information content (AvgIpc) is 2.97. The number of hydrogen-bond donors (Lipinski definition) is 1. The van der Waals surface area contributed by atoms with Crippen molar-refractivity contribution >= 4 is 34.8 Å². The van der Waals surface area contributed by atoms with E-state index in [-0.39, 0.29) is 28.8 Å². The summed E-state index contributed by atoms with van der Waals surface area (Å²) in [5.74, 6) is 2.19. The lowest BCUT2D eigenvalue weighted by molar-refractivity contribution is -0.154. The quantitative estimate of drug-likeness (QED) is 0.287. The summed E-state index contributed by atoms with van der Waals surface area (Å²) in [4.78, 5) is 23.8. The Morgan fingerprint density at radius 2 is 1.85 bits per heavy atom. The van der Waals surface area contributed by atoms with E-state index in [9.17, 15) is 9.59 Å². The predicted molar refractivity (Wildman–Crippen MR) is 109 cm³/mol. The predicted octanol–water partition coefficient (Wildman–Crippen LogP) is 3.75. The highest BCUT2D eigenvalue weighted by Gasteiger charge is 2.62. The molecule has 3 saturated carbocycles. The normalized spacial score (nSPS) is 53.2. The molecule has 4 aliphatic rings. The van der Waals surface area contributed by atoms with E-state index in [1.54, 1.807) is 0 Å². The number of nitrogens with one attached hydrogen (secondary N) is 1. The van der Waals surface area contributed by atoms with Crippen molar-refractivity contribution in [2.24, 2.45) is 34.5 Å². The Kier molecular flexibility index (Phi) is 4.95. The van der Waals surface area contributed by atoms with Gasteiger partial charge < -0.3 is 14.8 Å². The molecule has 3 aliphatic carbocycles. The van der Waals surface area contributed by atoms with Crippen molar-refractivity contribution in [1.29, 1.82) is 0 Å². The molecule has 1 heterocycles. The largest absolute Gasteiger partial charge is 0.469 e. The van der Waals surface area contributed by atoms with Crippen LogP contribution in [-0.4, -0.2) is 35.4 Å². The number of piperidine rings is 1. The Morgan fingerprint density at radius 3 is 2.54 bits per heavy atom. The summed E-state index contributed by atoms with van der Waals surface area (Å²) in [5, 5.41) is 3.68. The third-order valence-electron chi connectivity index (χ3n) is 8.92. The molecule has 0 aromatic heterocycles. The van der Waals surface area contributed by atoms with Gasteiger partial charge in [-0.1, -0.05) is 36.4 Å².